The van der Waals surface area contributed by atoms with Gasteiger partial charge in [-0.1, -0.05) is 182 Å². The minimum Gasteiger partial charge on any atom is -0.215 e. The van der Waals surface area contributed by atoms with Crippen LogP contribution >= 0.6 is 0 Å². The topological polar surface area (TPSA) is 38.7 Å². The average molecular weight is 728 g/mol. The van der Waals surface area contributed by atoms with Crippen molar-refractivity contribution in [3.05, 3.63) is 244 Å². The molecule has 0 unspecified atom stereocenters. The first-order valence-electron chi connectivity index (χ1n) is 19.9. The fourth-order valence-corrected chi connectivity index (χ4v) is 10.7. The van der Waals surface area contributed by atoms with E-state index < -0.39 is 16.2 Å². The van der Waals surface area contributed by atoms with Gasteiger partial charge in [-0.2, -0.15) is 0 Å². The number of aromatic nitrogens is 3. The molecule has 1 heterocycles. The molecule has 0 atom stereocenters. The van der Waals surface area contributed by atoms with Crippen LogP contribution < -0.4 is 0 Å². The molecule has 0 saturated carbocycles. The zero-order valence-corrected chi connectivity index (χ0v) is 31.7. The van der Waals surface area contributed by atoms with E-state index in [2.05, 4.69) is 202 Å². The van der Waals surface area contributed by atoms with E-state index >= 15 is 0 Å². The summed E-state index contributed by atoms with van der Waals surface area (Å²) in [5.74, 6) is 2.25. The summed E-state index contributed by atoms with van der Waals surface area (Å²) in [6, 6.07) is 68.5. The second kappa shape index (κ2) is 11.5. The van der Waals surface area contributed by atoms with Crippen molar-refractivity contribution in [3.8, 4) is 33.4 Å². The Kier molecular flexibility index (Phi) is 6.53. The highest BCUT2D eigenvalue weighted by Gasteiger charge is 2.52. The second-order valence-corrected chi connectivity index (χ2v) is 16.1. The van der Waals surface area contributed by atoms with Crippen LogP contribution in [0.5, 0.6) is 0 Å². The van der Waals surface area contributed by atoms with Crippen LogP contribution in [0.3, 0.4) is 0 Å². The number of nitrogens with zero attached hydrogens (tertiary/aromatic N) is 3. The van der Waals surface area contributed by atoms with Crippen LogP contribution in [0.4, 0.5) is 0 Å². The average Bonchev–Trinajstić information content (AvgIpc) is 3.84. The molecular weight excluding hydrogens is 691 g/mol. The van der Waals surface area contributed by atoms with Gasteiger partial charge in [-0.05, 0) is 103 Å². The van der Waals surface area contributed by atoms with Crippen molar-refractivity contribution in [1.29, 1.82) is 0 Å². The molecule has 0 saturated heterocycles. The lowest BCUT2D eigenvalue weighted by Crippen LogP contribution is -2.37. The molecule has 1 aromatic heterocycles. The van der Waals surface area contributed by atoms with Crippen molar-refractivity contribution in [2.75, 3.05) is 0 Å². The van der Waals surface area contributed by atoms with Crippen LogP contribution in [0.25, 0.3) is 44.2 Å². The van der Waals surface area contributed by atoms with E-state index in [9.17, 15) is 0 Å². The van der Waals surface area contributed by atoms with Gasteiger partial charge in [0.05, 0.1) is 10.8 Å². The van der Waals surface area contributed by atoms with Crippen LogP contribution in [0.1, 0.15) is 70.3 Å². The SMILES string of the molecule is CC1(c2nc(C3(C)c4ccccc4-c4ccccc43)nc(C3(c4ccc5ccccc5c4)c4ccccc4-c4ccccc43)n2)c2ccccc2-c2ccccc21. The van der Waals surface area contributed by atoms with Crippen molar-refractivity contribution in [2.24, 2.45) is 0 Å². The van der Waals surface area contributed by atoms with E-state index in [0.717, 1.165) is 23.0 Å². The highest BCUT2D eigenvalue weighted by Crippen LogP contribution is 2.58. The van der Waals surface area contributed by atoms with Crippen LogP contribution in [-0.2, 0) is 16.2 Å². The molecule has 0 spiro atoms. The molecule has 268 valence electrons. The van der Waals surface area contributed by atoms with Gasteiger partial charge in [-0.25, -0.2) is 15.0 Å². The molecule has 0 bridgehead atoms. The number of hydrogen-bond donors (Lipinski definition) is 0. The third kappa shape index (κ3) is 4.08. The first-order valence-corrected chi connectivity index (χ1v) is 19.9. The minimum absolute atomic E-state index is 0.657. The van der Waals surface area contributed by atoms with Crippen molar-refractivity contribution < 1.29 is 0 Å². The van der Waals surface area contributed by atoms with Crippen LogP contribution in [0, 0.1) is 0 Å². The Balaban J connectivity index is 1.26. The Morgan fingerprint density at radius 1 is 0.298 bits per heavy atom. The number of benzene rings is 8. The molecule has 3 aliphatic carbocycles. The van der Waals surface area contributed by atoms with Crippen molar-refractivity contribution in [1.82, 2.24) is 15.0 Å². The lowest BCUT2D eigenvalue weighted by molar-refractivity contribution is 0.554. The molecule has 0 amide bonds. The van der Waals surface area contributed by atoms with E-state index in [1.165, 1.54) is 77.5 Å². The van der Waals surface area contributed by atoms with Crippen molar-refractivity contribution >= 4 is 10.8 Å². The van der Waals surface area contributed by atoms with Gasteiger partial charge >= 0.3 is 0 Å². The fraction of sp³-hybridized carbons (Fsp3) is 0.0926. The first-order chi connectivity index (χ1) is 28.0. The number of fused-ring (bicyclic) bond motifs is 10. The quantitative estimate of drug-likeness (QED) is 0.181. The highest BCUT2D eigenvalue weighted by atomic mass is 15.1. The zero-order chi connectivity index (χ0) is 37.9. The van der Waals surface area contributed by atoms with E-state index in [1.807, 2.05) is 0 Å². The van der Waals surface area contributed by atoms with Gasteiger partial charge in [0.25, 0.3) is 0 Å². The largest absolute Gasteiger partial charge is 0.215 e. The normalized spacial score (nSPS) is 15.6. The van der Waals surface area contributed by atoms with Crippen LogP contribution in [0.15, 0.2) is 188 Å². The van der Waals surface area contributed by atoms with Gasteiger partial charge < -0.3 is 0 Å². The van der Waals surface area contributed by atoms with Crippen molar-refractivity contribution in [2.45, 2.75) is 30.1 Å². The Labute approximate surface area is 332 Å². The molecular formula is C54H37N3. The maximum Gasteiger partial charge on any atom is 0.152 e. The van der Waals surface area contributed by atoms with Crippen LogP contribution in [0.2, 0.25) is 0 Å². The second-order valence-electron chi connectivity index (χ2n) is 16.1. The molecule has 0 fully saturated rings. The van der Waals surface area contributed by atoms with Crippen molar-refractivity contribution in [3.63, 3.8) is 0 Å². The number of hydrogen-bond acceptors (Lipinski definition) is 3. The molecule has 0 aliphatic heterocycles. The van der Waals surface area contributed by atoms with Crippen LogP contribution in [-0.4, -0.2) is 15.0 Å². The zero-order valence-electron chi connectivity index (χ0n) is 31.7. The van der Waals surface area contributed by atoms with Gasteiger partial charge in [0.2, 0.25) is 0 Å². The third-order valence-electron chi connectivity index (χ3n) is 13.4. The molecule has 12 rings (SSSR count). The Morgan fingerprint density at radius 2 is 0.614 bits per heavy atom. The summed E-state index contributed by atoms with van der Waals surface area (Å²) in [5.41, 5.74) is 13.5. The molecule has 3 heteroatoms. The maximum atomic E-state index is 5.89. The summed E-state index contributed by atoms with van der Waals surface area (Å²) >= 11 is 0. The van der Waals surface area contributed by atoms with Gasteiger partial charge in [-0.3, -0.25) is 0 Å². The molecule has 0 N–H and O–H groups in total. The predicted molar refractivity (Wildman–Crippen MR) is 230 cm³/mol. The standard InChI is InChI=1S/C54H37N3/c1-52(43-25-11-5-19-37(43)38-20-6-12-26-44(38)52)49-55-50(53(2)45-27-13-7-21-39(45)40-22-8-14-28-46(40)53)57-51(56-49)54(36-32-31-34-17-3-4-18-35(34)33-36)47-29-15-9-23-41(47)42-24-10-16-30-48(42)54/h3-33H,1-2H3. The predicted octanol–water partition coefficient (Wildman–Crippen LogP) is 12.1. The first kappa shape index (κ1) is 32.3. The van der Waals surface area contributed by atoms with Gasteiger partial charge in [0.15, 0.2) is 5.82 Å². The summed E-state index contributed by atoms with van der Waals surface area (Å²) in [7, 11) is 0. The van der Waals surface area contributed by atoms with Gasteiger partial charge in [0, 0.05) is 0 Å². The van der Waals surface area contributed by atoms with Gasteiger partial charge in [-0.15, -0.1) is 0 Å². The molecule has 0 radical (unpaired) electrons. The maximum absolute atomic E-state index is 5.89. The van der Waals surface area contributed by atoms with Gasteiger partial charge in [0.1, 0.15) is 17.1 Å². The number of rotatable bonds is 4. The van der Waals surface area contributed by atoms with E-state index in [1.54, 1.807) is 0 Å². The van der Waals surface area contributed by atoms with E-state index in [4.69, 9.17) is 15.0 Å². The van der Waals surface area contributed by atoms with E-state index in [0.29, 0.717) is 0 Å². The molecule has 57 heavy (non-hydrogen) atoms. The third-order valence-corrected chi connectivity index (χ3v) is 13.4. The molecule has 9 aromatic rings. The molecule has 3 aliphatic rings. The monoisotopic (exact) mass is 727 g/mol. The summed E-state index contributed by atoms with van der Waals surface area (Å²) < 4.78 is 0. The summed E-state index contributed by atoms with van der Waals surface area (Å²) in [6.07, 6.45) is 0. The lowest BCUT2D eigenvalue weighted by Gasteiger charge is -2.35. The fourth-order valence-electron chi connectivity index (χ4n) is 10.7. The Hall–Kier alpha value is -6.97. The summed E-state index contributed by atoms with van der Waals surface area (Å²) in [5, 5.41) is 2.38. The smallest absolute Gasteiger partial charge is 0.152 e. The summed E-state index contributed by atoms with van der Waals surface area (Å²) in [6.45, 7) is 4.64. The Morgan fingerprint density at radius 3 is 1.04 bits per heavy atom. The molecule has 3 nitrogen and oxygen atoms in total. The summed E-state index contributed by atoms with van der Waals surface area (Å²) in [4.78, 5) is 17.5. The minimum atomic E-state index is -0.842. The Bertz CT molecular complexity index is 2880. The highest BCUT2D eigenvalue weighted by molar-refractivity contribution is 5.90. The lowest BCUT2D eigenvalue weighted by atomic mass is 9.70. The molecule has 8 aromatic carbocycles. The van der Waals surface area contributed by atoms with E-state index in [-0.39, 0.29) is 0 Å².